The number of piperidine rings is 1. The highest BCUT2D eigenvalue weighted by Gasteiger charge is 2.31. The SMILES string of the molecule is CCC1CCCCN1C(=O)C(C)OC(=O)c1cc(C(C)C)nc2c1cnn2C(C)C. The van der Waals surface area contributed by atoms with E-state index in [-0.39, 0.29) is 23.9 Å². The number of rotatable bonds is 6. The van der Waals surface area contributed by atoms with Crippen LogP contribution in [0.5, 0.6) is 0 Å². The van der Waals surface area contributed by atoms with E-state index in [1.807, 2.05) is 37.3 Å². The Morgan fingerprint density at radius 1 is 1.20 bits per heavy atom. The highest BCUT2D eigenvalue weighted by molar-refractivity contribution is 6.03. The molecule has 0 aromatic carbocycles. The molecule has 2 aromatic heterocycles. The lowest BCUT2D eigenvalue weighted by molar-refractivity contribution is -0.143. The van der Waals surface area contributed by atoms with E-state index in [1.54, 1.807) is 19.2 Å². The standard InChI is InChI=1S/C23H34N4O3/c1-7-17-10-8-9-11-26(17)22(28)16(6)30-23(29)18-12-20(14(2)3)25-21-19(18)13-24-27(21)15(4)5/h12-17H,7-11H2,1-6H3. The number of carbonyl (C=O) groups is 2. The fourth-order valence-electron chi connectivity index (χ4n) is 4.10. The highest BCUT2D eigenvalue weighted by Crippen LogP contribution is 2.26. The van der Waals surface area contributed by atoms with Gasteiger partial charge in [0.2, 0.25) is 0 Å². The summed E-state index contributed by atoms with van der Waals surface area (Å²) >= 11 is 0. The van der Waals surface area contributed by atoms with E-state index >= 15 is 0 Å². The normalized spacial score (nSPS) is 18.3. The molecule has 0 saturated carbocycles. The van der Waals surface area contributed by atoms with E-state index in [9.17, 15) is 9.59 Å². The Bertz CT molecular complexity index is 919. The molecule has 3 rings (SSSR count). The van der Waals surface area contributed by atoms with Gasteiger partial charge in [0.1, 0.15) is 0 Å². The zero-order valence-corrected chi connectivity index (χ0v) is 19.0. The molecule has 0 spiro atoms. The smallest absolute Gasteiger partial charge is 0.339 e. The number of likely N-dealkylation sites (tertiary alicyclic amines) is 1. The van der Waals surface area contributed by atoms with Crippen molar-refractivity contribution in [3.63, 3.8) is 0 Å². The van der Waals surface area contributed by atoms with Crippen LogP contribution < -0.4 is 0 Å². The van der Waals surface area contributed by atoms with Gasteiger partial charge in [0.05, 0.1) is 17.1 Å². The third kappa shape index (κ3) is 4.35. The van der Waals surface area contributed by atoms with E-state index in [2.05, 4.69) is 12.0 Å². The molecule has 3 heterocycles. The maximum Gasteiger partial charge on any atom is 0.339 e. The number of aromatic nitrogens is 3. The zero-order chi connectivity index (χ0) is 22.0. The number of pyridine rings is 1. The number of amides is 1. The van der Waals surface area contributed by atoms with Crippen molar-refractivity contribution < 1.29 is 14.3 Å². The number of fused-ring (bicyclic) bond motifs is 1. The van der Waals surface area contributed by atoms with Crippen molar-refractivity contribution in [1.29, 1.82) is 0 Å². The van der Waals surface area contributed by atoms with Crippen molar-refractivity contribution >= 4 is 22.9 Å². The lowest BCUT2D eigenvalue weighted by atomic mass is 9.99. The molecule has 0 aliphatic carbocycles. The van der Waals surface area contributed by atoms with Crippen LogP contribution in [-0.2, 0) is 9.53 Å². The van der Waals surface area contributed by atoms with Crippen LogP contribution in [0.25, 0.3) is 11.0 Å². The quantitative estimate of drug-likeness (QED) is 0.652. The molecular formula is C23H34N4O3. The number of hydrogen-bond acceptors (Lipinski definition) is 5. The van der Waals surface area contributed by atoms with Crippen molar-refractivity contribution in [2.45, 2.75) is 91.3 Å². The minimum atomic E-state index is -0.824. The van der Waals surface area contributed by atoms with Gasteiger partial charge >= 0.3 is 5.97 Å². The van der Waals surface area contributed by atoms with Crippen LogP contribution in [0.3, 0.4) is 0 Å². The first-order chi connectivity index (χ1) is 14.2. The summed E-state index contributed by atoms with van der Waals surface area (Å²) in [5.74, 6) is -0.463. The maximum atomic E-state index is 13.1. The molecule has 164 valence electrons. The predicted molar refractivity (Wildman–Crippen MR) is 117 cm³/mol. The number of hydrogen-bond donors (Lipinski definition) is 0. The Morgan fingerprint density at radius 2 is 1.93 bits per heavy atom. The fraction of sp³-hybridized carbons (Fsp3) is 0.652. The van der Waals surface area contributed by atoms with E-state index < -0.39 is 12.1 Å². The number of carbonyl (C=O) groups excluding carboxylic acids is 2. The summed E-state index contributed by atoms with van der Waals surface area (Å²) < 4.78 is 7.47. The summed E-state index contributed by atoms with van der Waals surface area (Å²) in [6, 6.07) is 2.12. The summed E-state index contributed by atoms with van der Waals surface area (Å²) in [4.78, 5) is 32.7. The molecule has 1 fully saturated rings. The first kappa shape index (κ1) is 22.2. The monoisotopic (exact) mass is 414 g/mol. The van der Waals surface area contributed by atoms with Crippen LogP contribution in [0.15, 0.2) is 12.3 Å². The largest absolute Gasteiger partial charge is 0.449 e. The summed E-state index contributed by atoms with van der Waals surface area (Å²) in [7, 11) is 0. The molecule has 0 N–H and O–H groups in total. The van der Waals surface area contributed by atoms with Crippen LogP contribution in [0, 0.1) is 0 Å². The van der Waals surface area contributed by atoms with Gasteiger partial charge in [-0.05, 0) is 58.4 Å². The van der Waals surface area contributed by atoms with Crippen molar-refractivity contribution in [3.8, 4) is 0 Å². The number of esters is 1. The van der Waals surface area contributed by atoms with Gasteiger partial charge in [0.15, 0.2) is 11.8 Å². The van der Waals surface area contributed by atoms with Gasteiger partial charge in [-0.15, -0.1) is 0 Å². The molecule has 1 saturated heterocycles. The van der Waals surface area contributed by atoms with Crippen molar-refractivity contribution in [1.82, 2.24) is 19.7 Å². The Kier molecular flexibility index (Phi) is 6.78. The second-order valence-electron chi connectivity index (χ2n) is 8.81. The van der Waals surface area contributed by atoms with Crippen LogP contribution in [0.1, 0.15) is 95.2 Å². The van der Waals surface area contributed by atoms with Gasteiger partial charge in [-0.25, -0.2) is 14.5 Å². The van der Waals surface area contributed by atoms with E-state index in [1.165, 1.54) is 0 Å². The summed E-state index contributed by atoms with van der Waals surface area (Å²) in [6.45, 7) is 12.6. The van der Waals surface area contributed by atoms with Gasteiger partial charge in [-0.3, -0.25) is 4.79 Å². The first-order valence-corrected chi connectivity index (χ1v) is 11.1. The Hall–Kier alpha value is -2.44. The summed E-state index contributed by atoms with van der Waals surface area (Å²) in [5.41, 5.74) is 1.89. The van der Waals surface area contributed by atoms with E-state index in [4.69, 9.17) is 9.72 Å². The molecule has 1 aliphatic rings. The molecular weight excluding hydrogens is 380 g/mol. The molecule has 2 aromatic rings. The molecule has 2 atom stereocenters. The lowest BCUT2D eigenvalue weighted by Gasteiger charge is -2.36. The average molecular weight is 415 g/mol. The second kappa shape index (κ2) is 9.14. The predicted octanol–water partition coefficient (Wildman–Crippen LogP) is 4.47. The Labute approximate surface area is 178 Å². The molecule has 7 nitrogen and oxygen atoms in total. The number of nitrogens with zero attached hydrogens (tertiary/aromatic N) is 4. The molecule has 30 heavy (non-hydrogen) atoms. The molecule has 0 radical (unpaired) electrons. The molecule has 2 unspecified atom stereocenters. The van der Waals surface area contributed by atoms with Crippen LogP contribution in [0.2, 0.25) is 0 Å². The molecule has 0 bridgehead atoms. The second-order valence-corrected chi connectivity index (χ2v) is 8.81. The first-order valence-electron chi connectivity index (χ1n) is 11.1. The lowest BCUT2D eigenvalue weighted by Crippen LogP contribution is -2.48. The number of ether oxygens (including phenoxy) is 1. The van der Waals surface area contributed by atoms with Gasteiger partial charge in [-0.2, -0.15) is 5.10 Å². The van der Waals surface area contributed by atoms with Crippen molar-refractivity contribution in [3.05, 3.63) is 23.5 Å². The summed E-state index contributed by atoms with van der Waals surface area (Å²) in [6.07, 6.45) is 4.91. The zero-order valence-electron chi connectivity index (χ0n) is 19.0. The molecule has 7 heteroatoms. The van der Waals surface area contributed by atoms with Crippen molar-refractivity contribution in [2.24, 2.45) is 0 Å². The third-order valence-electron chi connectivity index (χ3n) is 5.90. The topological polar surface area (TPSA) is 77.3 Å². The minimum Gasteiger partial charge on any atom is -0.449 e. The molecule has 1 aliphatic heterocycles. The van der Waals surface area contributed by atoms with Gasteiger partial charge in [0.25, 0.3) is 5.91 Å². The average Bonchev–Trinajstić information content (AvgIpc) is 3.16. The maximum absolute atomic E-state index is 13.1. The van der Waals surface area contributed by atoms with Crippen LogP contribution in [-0.4, -0.2) is 50.2 Å². The van der Waals surface area contributed by atoms with E-state index in [0.717, 1.165) is 37.9 Å². The van der Waals surface area contributed by atoms with E-state index in [0.29, 0.717) is 16.6 Å². The highest BCUT2D eigenvalue weighted by atomic mass is 16.5. The summed E-state index contributed by atoms with van der Waals surface area (Å²) in [5, 5.41) is 5.07. The van der Waals surface area contributed by atoms with Crippen molar-refractivity contribution in [2.75, 3.05) is 6.54 Å². The van der Waals surface area contributed by atoms with Crippen LogP contribution >= 0.6 is 0 Å². The van der Waals surface area contributed by atoms with Gasteiger partial charge in [0, 0.05) is 24.3 Å². The molecule has 1 amide bonds. The fourth-order valence-corrected chi connectivity index (χ4v) is 4.10. The third-order valence-corrected chi connectivity index (χ3v) is 5.90. The van der Waals surface area contributed by atoms with Gasteiger partial charge < -0.3 is 9.64 Å². The minimum absolute atomic E-state index is 0.109. The Balaban J connectivity index is 1.88. The Morgan fingerprint density at radius 3 is 2.57 bits per heavy atom. The van der Waals surface area contributed by atoms with Crippen LogP contribution in [0.4, 0.5) is 0 Å². The van der Waals surface area contributed by atoms with Gasteiger partial charge in [-0.1, -0.05) is 20.8 Å².